The van der Waals surface area contributed by atoms with Gasteiger partial charge in [-0.25, -0.2) is 18.7 Å². The number of aryl methyl sites for hydroxylation is 2. The molecular formula is C20H22ClF2N3O. The molecule has 3 rings (SSSR count). The molecule has 0 aliphatic carbocycles. The van der Waals surface area contributed by atoms with Gasteiger partial charge in [-0.3, -0.25) is 4.79 Å². The Bertz CT molecular complexity index is 1070. The molecule has 0 spiro atoms. The van der Waals surface area contributed by atoms with Gasteiger partial charge in [-0.2, -0.15) is 0 Å². The largest absolute Gasteiger partial charge is 0.338 e. The second kappa shape index (κ2) is 8.30. The van der Waals surface area contributed by atoms with Crippen molar-refractivity contribution in [2.75, 3.05) is 13.0 Å². The molecule has 1 aromatic carbocycles. The Balaban J connectivity index is 1.69. The molecule has 1 aliphatic heterocycles. The zero-order chi connectivity index (χ0) is 25.5. The highest BCUT2D eigenvalue weighted by Gasteiger charge is 2.35. The lowest BCUT2D eigenvalue weighted by Gasteiger charge is -2.36. The lowest BCUT2D eigenvalue weighted by atomic mass is 9.88. The minimum atomic E-state index is -2.44. The average Bonchev–Trinajstić information content (AvgIpc) is 2.73. The molecule has 1 aromatic heterocycles. The standard InChI is InChI=1S/C20H22ClF2N3O/c1-14-12-24-18(25-13-14)3-2-6-20(23)7-9-26(10-8-20)19(27)15-4-5-17(22)16(21)11-15/h4-5,11-13H,2-3,6-10H2,1H3/i1D3,3D2,9D2. The van der Waals surface area contributed by atoms with Crippen molar-refractivity contribution in [1.29, 1.82) is 0 Å². The lowest BCUT2D eigenvalue weighted by molar-refractivity contribution is 0.0389. The Hall–Kier alpha value is -2.08. The molecule has 7 heteroatoms. The number of hydrogen-bond acceptors (Lipinski definition) is 3. The Kier molecular flexibility index (Phi) is 3.81. The van der Waals surface area contributed by atoms with Gasteiger partial charge < -0.3 is 4.90 Å². The third-order valence-corrected chi connectivity index (χ3v) is 4.58. The van der Waals surface area contributed by atoms with E-state index in [4.69, 9.17) is 21.2 Å². The number of aromatic nitrogens is 2. The molecule has 27 heavy (non-hydrogen) atoms. The number of rotatable bonds is 5. The van der Waals surface area contributed by atoms with Crippen LogP contribution in [0, 0.1) is 12.7 Å². The highest BCUT2D eigenvalue weighted by atomic mass is 35.5. The molecule has 1 fully saturated rings. The summed E-state index contributed by atoms with van der Waals surface area (Å²) in [5.74, 6) is -1.78. The van der Waals surface area contributed by atoms with E-state index in [1.807, 2.05) is 0 Å². The maximum absolute atomic E-state index is 15.6. The van der Waals surface area contributed by atoms with Gasteiger partial charge in [0.25, 0.3) is 5.91 Å². The topological polar surface area (TPSA) is 46.1 Å². The van der Waals surface area contributed by atoms with Crippen molar-refractivity contribution < 1.29 is 23.2 Å². The third kappa shape index (κ3) is 5.01. The molecular weight excluding hydrogens is 372 g/mol. The number of halogens is 3. The van der Waals surface area contributed by atoms with E-state index in [1.165, 1.54) is 6.07 Å². The summed E-state index contributed by atoms with van der Waals surface area (Å²) in [6.45, 7) is -5.09. The molecule has 1 aliphatic rings. The predicted molar refractivity (Wildman–Crippen MR) is 100 cm³/mol. The normalized spacial score (nSPS) is 26.6. The van der Waals surface area contributed by atoms with Crippen LogP contribution in [0.25, 0.3) is 0 Å². The zero-order valence-corrected chi connectivity index (χ0v) is 15.1. The fourth-order valence-corrected chi connectivity index (χ4v) is 2.89. The first-order valence-electron chi connectivity index (χ1n) is 11.8. The molecule has 1 amide bonds. The summed E-state index contributed by atoms with van der Waals surface area (Å²) in [7, 11) is 0. The molecule has 0 radical (unpaired) electrons. The van der Waals surface area contributed by atoms with Crippen LogP contribution < -0.4 is 0 Å². The second-order valence-electron chi connectivity index (χ2n) is 6.29. The summed E-state index contributed by atoms with van der Waals surface area (Å²) in [5.41, 5.74) is -2.29. The molecule has 2 heterocycles. The van der Waals surface area contributed by atoms with Gasteiger partial charge in [0.2, 0.25) is 0 Å². The minimum Gasteiger partial charge on any atom is -0.338 e. The maximum Gasteiger partial charge on any atom is 0.253 e. The number of carbonyl (C=O) groups is 1. The summed E-state index contributed by atoms with van der Waals surface area (Å²) in [6, 6.07) is 3.24. The number of amides is 1. The zero-order valence-electron chi connectivity index (χ0n) is 21.3. The Morgan fingerprint density at radius 3 is 2.89 bits per heavy atom. The van der Waals surface area contributed by atoms with Crippen LogP contribution in [0.5, 0.6) is 0 Å². The number of likely N-dealkylation sites (tertiary alicyclic amines) is 1. The van der Waals surface area contributed by atoms with Crippen LogP contribution in [-0.2, 0) is 6.37 Å². The first kappa shape index (κ1) is 12.4. The fraction of sp³-hybridized carbons (Fsp3) is 0.450. The van der Waals surface area contributed by atoms with Crippen LogP contribution in [-0.4, -0.2) is 39.5 Å². The van der Waals surface area contributed by atoms with Crippen LogP contribution in [0.4, 0.5) is 8.78 Å². The van der Waals surface area contributed by atoms with Crippen LogP contribution >= 0.6 is 11.6 Å². The van der Waals surface area contributed by atoms with Gasteiger partial charge in [-0.1, -0.05) is 11.6 Å². The predicted octanol–water partition coefficient (Wildman–Crippen LogP) is 4.54. The smallest absolute Gasteiger partial charge is 0.253 e. The van der Waals surface area contributed by atoms with Crippen molar-refractivity contribution in [1.82, 2.24) is 14.9 Å². The van der Waals surface area contributed by atoms with Gasteiger partial charge in [0.15, 0.2) is 0 Å². The Morgan fingerprint density at radius 2 is 2.22 bits per heavy atom. The van der Waals surface area contributed by atoms with Crippen molar-refractivity contribution in [3.8, 4) is 0 Å². The van der Waals surface area contributed by atoms with E-state index in [2.05, 4.69) is 9.97 Å². The Morgan fingerprint density at radius 1 is 1.44 bits per heavy atom. The molecule has 1 saturated heterocycles. The summed E-state index contributed by atoms with van der Waals surface area (Å²) in [5, 5.41) is -0.292. The molecule has 2 aromatic rings. The van der Waals surface area contributed by atoms with Crippen molar-refractivity contribution in [2.24, 2.45) is 0 Å². The SMILES string of the molecule is [2H]C([2H])([2H])c1cnc(C([2H])([2H])CCC2(F)CCN(C(=O)c3ccc(F)c(Cl)c3)C([2H])([2H])C2)nc1. The highest BCUT2D eigenvalue weighted by molar-refractivity contribution is 6.31. The van der Waals surface area contributed by atoms with Crippen LogP contribution in [0.3, 0.4) is 0 Å². The van der Waals surface area contributed by atoms with E-state index in [-0.39, 0.29) is 47.8 Å². The number of carbonyl (C=O) groups excluding carboxylic acids is 1. The van der Waals surface area contributed by atoms with Gasteiger partial charge in [-0.15, -0.1) is 0 Å². The van der Waals surface area contributed by atoms with E-state index < -0.39 is 43.5 Å². The fourth-order valence-electron chi connectivity index (χ4n) is 2.71. The van der Waals surface area contributed by atoms with Crippen molar-refractivity contribution in [3.63, 3.8) is 0 Å². The molecule has 0 N–H and O–H groups in total. The van der Waals surface area contributed by atoms with E-state index in [0.717, 1.165) is 29.4 Å². The van der Waals surface area contributed by atoms with Crippen LogP contribution in [0.1, 0.15) is 57.0 Å². The second-order valence-corrected chi connectivity index (χ2v) is 6.70. The van der Waals surface area contributed by atoms with Gasteiger partial charge in [-0.05, 0) is 56.3 Å². The van der Waals surface area contributed by atoms with Gasteiger partial charge in [0.1, 0.15) is 17.3 Å². The Labute approximate surface area is 172 Å². The van der Waals surface area contributed by atoms with Crippen molar-refractivity contribution >= 4 is 17.5 Å². The number of benzene rings is 1. The van der Waals surface area contributed by atoms with Gasteiger partial charge in [0, 0.05) is 47.0 Å². The van der Waals surface area contributed by atoms with E-state index >= 15 is 4.39 Å². The summed E-state index contributed by atoms with van der Waals surface area (Å²) in [6.07, 6.45) is -1.84. The number of piperidine rings is 1. The van der Waals surface area contributed by atoms with Crippen LogP contribution in [0.15, 0.2) is 30.6 Å². The van der Waals surface area contributed by atoms with E-state index in [1.54, 1.807) is 0 Å². The molecule has 4 nitrogen and oxygen atoms in total. The van der Waals surface area contributed by atoms with Gasteiger partial charge in [0.05, 0.1) is 5.02 Å². The lowest BCUT2D eigenvalue weighted by Crippen LogP contribution is -2.44. The maximum atomic E-state index is 15.6. The minimum absolute atomic E-state index is 0.0318. The van der Waals surface area contributed by atoms with Crippen LogP contribution in [0.2, 0.25) is 5.02 Å². The summed E-state index contributed by atoms with van der Waals surface area (Å²) < 4.78 is 83.8. The molecule has 0 bridgehead atoms. The third-order valence-electron chi connectivity index (χ3n) is 4.29. The summed E-state index contributed by atoms with van der Waals surface area (Å²) >= 11 is 5.71. The highest BCUT2D eigenvalue weighted by Crippen LogP contribution is 2.32. The average molecular weight is 401 g/mol. The van der Waals surface area contributed by atoms with Crippen molar-refractivity contribution in [3.05, 3.63) is 58.4 Å². The molecule has 0 saturated carbocycles. The first-order chi connectivity index (χ1) is 15.5. The number of nitrogens with zero attached hydrogens (tertiary/aromatic N) is 3. The monoisotopic (exact) mass is 400 g/mol. The quantitative estimate of drug-likeness (QED) is 0.739. The molecule has 1 atom stereocenters. The number of alkyl halides is 1. The van der Waals surface area contributed by atoms with E-state index in [9.17, 15) is 9.18 Å². The molecule has 1 unspecified atom stereocenters. The molecule has 144 valence electrons. The van der Waals surface area contributed by atoms with Crippen molar-refractivity contribution in [2.45, 2.75) is 44.6 Å². The van der Waals surface area contributed by atoms with Gasteiger partial charge >= 0.3 is 0 Å². The van der Waals surface area contributed by atoms with E-state index in [0.29, 0.717) is 0 Å². The first-order valence-corrected chi connectivity index (χ1v) is 8.71. The number of hydrogen-bond donors (Lipinski definition) is 0. The summed E-state index contributed by atoms with van der Waals surface area (Å²) in [4.78, 5) is 21.2.